The van der Waals surface area contributed by atoms with Gasteiger partial charge in [-0.25, -0.2) is 13.6 Å². The van der Waals surface area contributed by atoms with Crippen LogP contribution in [-0.2, 0) is 9.53 Å². The minimum absolute atomic E-state index is 0.421. The lowest BCUT2D eigenvalue weighted by Crippen LogP contribution is -2.31. The standard InChI is InChI=1S/C17H14ClF2NO3/c1-10(11-5-2-3-6-12(11)18)21-15(22)9-24-17(23)16-13(19)7-4-8-14(16)20/h2-8,10H,9H2,1H3,(H,21,22)/t10-/m1/s1. The van der Waals surface area contributed by atoms with Gasteiger partial charge in [-0.15, -0.1) is 0 Å². The first-order valence-corrected chi connectivity index (χ1v) is 7.43. The van der Waals surface area contributed by atoms with Gasteiger partial charge in [0.25, 0.3) is 5.91 Å². The number of esters is 1. The fourth-order valence-corrected chi connectivity index (χ4v) is 2.38. The van der Waals surface area contributed by atoms with E-state index in [2.05, 4.69) is 10.1 Å². The predicted molar refractivity (Wildman–Crippen MR) is 84.7 cm³/mol. The van der Waals surface area contributed by atoms with Crippen LogP contribution in [0, 0.1) is 11.6 Å². The van der Waals surface area contributed by atoms with E-state index in [-0.39, 0.29) is 0 Å². The van der Waals surface area contributed by atoms with Crippen LogP contribution in [0.15, 0.2) is 42.5 Å². The quantitative estimate of drug-likeness (QED) is 0.835. The van der Waals surface area contributed by atoms with Crippen molar-refractivity contribution in [2.75, 3.05) is 6.61 Å². The Balaban J connectivity index is 1.94. The minimum Gasteiger partial charge on any atom is -0.452 e. The second-order valence-electron chi connectivity index (χ2n) is 4.98. The number of hydrogen-bond acceptors (Lipinski definition) is 3. The number of amides is 1. The number of hydrogen-bond donors (Lipinski definition) is 1. The van der Waals surface area contributed by atoms with Crippen molar-refractivity contribution in [2.45, 2.75) is 13.0 Å². The number of halogens is 3. The predicted octanol–water partition coefficient (Wildman–Crippen LogP) is 3.65. The Morgan fingerprint density at radius 1 is 1.12 bits per heavy atom. The first kappa shape index (κ1) is 17.9. The Kier molecular flexibility index (Phi) is 5.87. The van der Waals surface area contributed by atoms with E-state index in [1.807, 2.05) is 0 Å². The summed E-state index contributed by atoms with van der Waals surface area (Å²) < 4.78 is 31.5. The maximum Gasteiger partial charge on any atom is 0.344 e. The van der Waals surface area contributed by atoms with E-state index in [1.54, 1.807) is 31.2 Å². The van der Waals surface area contributed by atoms with Crippen LogP contribution in [0.5, 0.6) is 0 Å². The molecular formula is C17H14ClF2NO3. The zero-order valence-electron chi connectivity index (χ0n) is 12.7. The second kappa shape index (κ2) is 7.88. The molecule has 0 aliphatic heterocycles. The number of carbonyl (C=O) groups excluding carboxylic acids is 2. The molecule has 0 unspecified atom stereocenters. The third-order valence-corrected chi connectivity index (χ3v) is 3.59. The number of carbonyl (C=O) groups is 2. The van der Waals surface area contributed by atoms with Crippen LogP contribution in [0.4, 0.5) is 8.78 Å². The SMILES string of the molecule is C[C@@H](NC(=O)COC(=O)c1c(F)cccc1F)c1ccccc1Cl. The van der Waals surface area contributed by atoms with Crippen LogP contribution >= 0.6 is 11.6 Å². The number of benzene rings is 2. The summed E-state index contributed by atoms with van der Waals surface area (Å²) in [5.41, 5.74) is -0.136. The highest BCUT2D eigenvalue weighted by Crippen LogP contribution is 2.22. The van der Waals surface area contributed by atoms with Gasteiger partial charge in [0, 0.05) is 5.02 Å². The molecule has 0 aromatic heterocycles. The van der Waals surface area contributed by atoms with Gasteiger partial charge in [-0.2, -0.15) is 0 Å². The molecule has 2 aromatic rings. The molecule has 126 valence electrons. The second-order valence-corrected chi connectivity index (χ2v) is 5.39. The highest BCUT2D eigenvalue weighted by Gasteiger charge is 2.20. The molecule has 1 amide bonds. The van der Waals surface area contributed by atoms with E-state index in [0.29, 0.717) is 10.6 Å². The van der Waals surface area contributed by atoms with Gasteiger partial charge in [0.2, 0.25) is 0 Å². The molecule has 2 aromatic carbocycles. The van der Waals surface area contributed by atoms with Gasteiger partial charge < -0.3 is 10.1 Å². The van der Waals surface area contributed by atoms with E-state index in [1.165, 1.54) is 0 Å². The lowest BCUT2D eigenvalue weighted by Gasteiger charge is -2.15. The molecule has 24 heavy (non-hydrogen) atoms. The van der Waals surface area contributed by atoms with Crippen LogP contribution in [-0.4, -0.2) is 18.5 Å². The Morgan fingerprint density at radius 3 is 2.38 bits per heavy atom. The Bertz CT molecular complexity index is 747. The maximum atomic E-state index is 13.4. The normalized spacial score (nSPS) is 11.7. The van der Waals surface area contributed by atoms with Crippen LogP contribution < -0.4 is 5.32 Å². The first-order chi connectivity index (χ1) is 11.4. The Hall–Kier alpha value is -2.47. The van der Waals surface area contributed by atoms with Gasteiger partial charge in [0.05, 0.1) is 6.04 Å². The maximum absolute atomic E-state index is 13.4. The van der Waals surface area contributed by atoms with E-state index >= 15 is 0 Å². The van der Waals surface area contributed by atoms with E-state index in [0.717, 1.165) is 18.2 Å². The van der Waals surface area contributed by atoms with Crippen molar-refractivity contribution in [3.63, 3.8) is 0 Å². The third kappa shape index (κ3) is 4.29. The van der Waals surface area contributed by atoms with Crippen LogP contribution in [0.25, 0.3) is 0 Å². The largest absolute Gasteiger partial charge is 0.452 e. The van der Waals surface area contributed by atoms with Gasteiger partial charge in [0.1, 0.15) is 17.2 Å². The van der Waals surface area contributed by atoms with Gasteiger partial charge >= 0.3 is 5.97 Å². The molecule has 0 saturated heterocycles. The van der Waals surface area contributed by atoms with Crippen molar-refractivity contribution in [3.05, 3.63) is 70.2 Å². The molecule has 2 rings (SSSR count). The van der Waals surface area contributed by atoms with Gasteiger partial charge in [-0.05, 0) is 30.7 Å². The molecule has 0 spiro atoms. The summed E-state index contributed by atoms with van der Waals surface area (Å²) in [6.45, 7) is 1.04. The topological polar surface area (TPSA) is 55.4 Å². The summed E-state index contributed by atoms with van der Waals surface area (Å²) in [4.78, 5) is 23.5. The zero-order chi connectivity index (χ0) is 17.7. The number of nitrogens with one attached hydrogen (secondary N) is 1. The Morgan fingerprint density at radius 2 is 1.75 bits per heavy atom. The highest BCUT2D eigenvalue weighted by atomic mass is 35.5. The van der Waals surface area contributed by atoms with Crippen molar-refractivity contribution in [3.8, 4) is 0 Å². The summed E-state index contributed by atoms with van der Waals surface area (Å²) >= 11 is 6.02. The number of rotatable bonds is 5. The highest BCUT2D eigenvalue weighted by molar-refractivity contribution is 6.31. The van der Waals surface area contributed by atoms with Crippen molar-refractivity contribution in [1.82, 2.24) is 5.32 Å². The molecule has 0 radical (unpaired) electrons. The molecule has 0 saturated carbocycles. The summed E-state index contributed by atoms with van der Waals surface area (Å²) in [6.07, 6.45) is 0. The van der Waals surface area contributed by atoms with Gasteiger partial charge in [0.15, 0.2) is 6.61 Å². The fourth-order valence-electron chi connectivity index (χ4n) is 2.08. The molecular weight excluding hydrogens is 340 g/mol. The molecule has 1 N–H and O–H groups in total. The van der Waals surface area contributed by atoms with Gasteiger partial charge in [-0.3, -0.25) is 4.79 Å². The van der Waals surface area contributed by atoms with Crippen LogP contribution in [0.3, 0.4) is 0 Å². The van der Waals surface area contributed by atoms with Crippen molar-refractivity contribution >= 4 is 23.5 Å². The lowest BCUT2D eigenvalue weighted by molar-refractivity contribution is -0.124. The smallest absolute Gasteiger partial charge is 0.344 e. The molecule has 0 aliphatic rings. The van der Waals surface area contributed by atoms with E-state index < -0.39 is 41.7 Å². The van der Waals surface area contributed by atoms with E-state index in [4.69, 9.17) is 11.6 Å². The van der Waals surface area contributed by atoms with Crippen molar-refractivity contribution < 1.29 is 23.1 Å². The average Bonchev–Trinajstić information content (AvgIpc) is 2.53. The minimum atomic E-state index is -1.24. The van der Waals surface area contributed by atoms with Crippen LogP contribution in [0.2, 0.25) is 5.02 Å². The summed E-state index contributed by atoms with van der Waals surface area (Å²) in [5.74, 6) is -3.96. The van der Waals surface area contributed by atoms with Gasteiger partial charge in [-0.1, -0.05) is 35.9 Å². The molecule has 4 nitrogen and oxygen atoms in total. The number of ether oxygens (including phenoxy) is 1. The van der Waals surface area contributed by atoms with Crippen LogP contribution in [0.1, 0.15) is 28.9 Å². The van der Waals surface area contributed by atoms with Crippen molar-refractivity contribution in [2.24, 2.45) is 0 Å². The third-order valence-electron chi connectivity index (χ3n) is 3.25. The monoisotopic (exact) mass is 353 g/mol. The molecule has 0 heterocycles. The summed E-state index contributed by atoms with van der Waals surface area (Å²) in [7, 11) is 0. The molecule has 7 heteroatoms. The first-order valence-electron chi connectivity index (χ1n) is 7.05. The molecule has 0 aliphatic carbocycles. The van der Waals surface area contributed by atoms with E-state index in [9.17, 15) is 18.4 Å². The Labute approximate surface area is 142 Å². The summed E-state index contributed by atoms with van der Waals surface area (Å²) in [5, 5.41) is 3.07. The fraction of sp³-hybridized carbons (Fsp3) is 0.176. The lowest BCUT2D eigenvalue weighted by atomic mass is 10.1. The molecule has 0 bridgehead atoms. The summed E-state index contributed by atoms with van der Waals surface area (Å²) in [6, 6.07) is 9.51. The van der Waals surface area contributed by atoms with Crippen molar-refractivity contribution in [1.29, 1.82) is 0 Å². The zero-order valence-corrected chi connectivity index (χ0v) is 13.4. The molecule has 1 atom stereocenters. The molecule has 0 fully saturated rings. The average molecular weight is 354 g/mol.